The molecule has 0 aliphatic heterocycles. The largest absolute Gasteiger partial charge is 0.309 e. The Morgan fingerprint density at radius 1 is 0.340 bits per heavy atom. The summed E-state index contributed by atoms with van der Waals surface area (Å²) >= 11 is 0. The molecule has 0 saturated carbocycles. The minimum absolute atomic E-state index is 0.578. The molecule has 0 aliphatic rings. The minimum atomic E-state index is 0.578. The van der Waals surface area contributed by atoms with Gasteiger partial charge in [0.1, 0.15) is 5.82 Å². The third-order valence-corrected chi connectivity index (χ3v) is 9.42. The maximum Gasteiger partial charge on any atom is 0.165 e. The van der Waals surface area contributed by atoms with Gasteiger partial charge in [-0.25, -0.2) is 19.9 Å². The SMILES string of the molecule is c1ccc(-c2nc(-c3ccccc3)nc(-c3ccc(-n4c5ccccc5c5cc6c(cc54)c4ccccc4n6-c4ccccc4)nc3)n2)cc1. The first-order valence-electron chi connectivity index (χ1n) is 16.7. The van der Waals surface area contributed by atoms with Crippen LogP contribution in [0.1, 0.15) is 0 Å². The van der Waals surface area contributed by atoms with Gasteiger partial charge in [-0.3, -0.25) is 4.57 Å². The molecular weight excluding hydrogens is 613 g/mol. The first-order valence-corrected chi connectivity index (χ1v) is 16.7. The van der Waals surface area contributed by atoms with E-state index in [9.17, 15) is 0 Å². The minimum Gasteiger partial charge on any atom is -0.309 e. The van der Waals surface area contributed by atoms with Crippen molar-refractivity contribution in [2.24, 2.45) is 0 Å². The van der Waals surface area contributed by atoms with E-state index in [0.717, 1.165) is 39.2 Å². The van der Waals surface area contributed by atoms with E-state index in [1.165, 1.54) is 32.6 Å². The van der Waals surface area contributed by atoms with E-state index in [1.54, 1.807) is 0 Å². The zero-order chi connectivity index (χ0) is 33.0. The molecular formula is C44H28N6. The molecule has 6 heteroatoms. The number of benzene rings is 6. The Balaban J connectivity index is 1.16. The van der Waals surface area contributed by atoms with Gasteiger partial charge in [0, 0.05) is 50.1 Å². The number of hydrogen-bond acceptors (Lipinski definition) is 4. The topological polar surface area (TPSA) is 61.4 Å². The number of para-hydroxylation sites is 3. The molecule has 0 fully saturated rings. The van der Waals surface area contributed by atoms with Crippen LogP contribution in [0.25, 0.3) is 89.3 Å². The van der Waals surface area contributed by atoms with Crippen LogP contribution < -0.4 is 0 Å². The molecule has 6 aromatic carbocycles. The smallest absolute Gasteiger partial charge is 0.165 e. The van der Waals surface area contributed by atoms with Crippen LogP contribution >= 0.6 is 0 Å². The first-order chi connectivity index (χ1) is 24.8. The van der Waals surface area contributed by atoms with Gasteiger partial charge in [0.25, 0.3) is 0 Å². The highest BCUT2D eigenvalue weighted by molar-refractivity contribution is 6.18. The molecule has 0 atom stereocenters. The summed E-state index contributed by atoms with van der Waals surface area (Å²) in [4.78, 5) is 19.7. The second-order valence-corrected chi connectivity index (χ2v) is 12.4. The monoisotopic (exact) mass is 640 g/mol. The van der Waals surface area contributed by atoms with Gasteiger partial charge in [-0.1, -0.05) is 115 Å². The van der Waals surface area contributed by atoms with Crippen molar-refractivity contribution in [1.82, 2.24) is 29.1 Å². The highest BCUT2D eigenvalue weighted by Crippen LogP contribution is 2.39. The van der Waals surface area contributed by atoms with Crippen molar-refractivity contribution < 1.29 is 0 Å². The predicted octanol–water partition coefficient (Wildman–Crippen LogP) is 10.5. The molecule has 6 nitrogen and oxygen atoms in total. The van der Waals surface area contributed by atoms with Crippen molar-refractivity contribution in [2.75, 3.05) is 0 Å². The molecule has 10 rings (SSSR count). The fraction of sp³-hybridized carbons (Fsp3) is 0. The van der Waals surface area contributed by atoms with Crippen LogP contribution in [0.15, 0.2) is 170 Å². The number of pyridine rings is 1. The molecule has 0 bridgehead atoms. The van der Waals surface area contributed by atoms with E-state index in [1.807, 2.05) is 66.9 Å². The molecule has 4 aromatic heterocycles. The van der Waals surface area contributed by atoms with Crippen molar-refractivity contribution in [2.45, 2.75) is 0 Å². The normalized spacial score (nSPS) is 11.6. The highest BCUT2D eigenvalue weighted by atomic mass is 15.1. The second-order valence-electron chi connectivity index (χ2n) is 12.4. The summed E-state index contributed by atoms with van der Waals surface area (Å²) in [6.07, 6.45) is 1.87. The summed E-state index contributed by atoms with van der Waals surface area (Å²) in [7, 11) is 0. The average Bonchev–Trinajstić information content (AvgIpc) is 3.70. The van der Waals surface area contributed by atoms with E-state index >= 15 is 0 Å². The van der Waals surface area contributed by atoms with Gasteiger partial charge < -0.3 is 4.57 Å². The third-order valence-electron chi connectivity index (χ3n) is 9.42. The number of fused-ring (bicyclic) bond motifs is 6. The highest BCUT2D eigenvalue weighted by Gasteiger charge is 2.19. The summed E-state index contributed by atoms with van der Waals surface area (Å²) in [5.41, 5.74) is 8.39. The zero-order valence-electron chi connectivity index (χ0n) is 26.8. The second kappa shape index (κ2) is 11.4. The molecule has 0 unspecified atom stereocenters. The number of nitrogens with zero attached hydrogens (tertiary/aromatic N) is 6. The molecule has 50 heavy (non-hydrogen) atoms. The first kappa shape index (κ1) is 28.1. The molecule has 234 valence electrons. The molecule has 0 N–H and O–H groups in total. The Labute approximate surface area is 287 Å². The molecule has 0 saturated heterocycles. The maximum absolute atomic E-state index is 5.06. The molecule has 4 heterocycles. The molecule has 0 aliphatic carbocycles. The van der Waals surface area contributed by atoms with E-state index in [2.05, 4.69) is 112 Å². The number of aromatic nitrogens is 6. The van der Waals surface area contributed by atoms with Crippen molar-refractivity contribution >= 4 is 43.6 Å². The van der Waals surface area contributed by atoms with Gasteiger partial charge in [0.2, 0.25) is 0 Å². The van der Waals surface area contributed by atoms with Crippen LogP contribution in [0.2, 0.25) is 0 Å². The van der Waals surface area contributed by atoms with Crippen LogP contribution in [0.4, 0.5) is 0 Å². The fourth-order valence-corrected chi connectivity index (χ4v) is 7.12. The lowest BCUT2D eigenvalue weighted by Crippen LogP contribution is -2.01. The Morgan fingerprint density at radius 3 is 1.34 bits per heavy atom. The zero-order valence-corrected chi connectivity index (χ0v) is 26.8. The van der Waals surface area contributed by atoms with Crippen LogP contribution in [0.3, 0.4) is 0 Å². The standard InChI is InChI=1S/C44H28N6/c1-4-14-29(15-5-1)42-46-43(30-16-6-2-7-17-30)48-44(47-42)31-24-25-41(45-28-31)50-38-23-13-11-21-34(38)36-26-39-35(27-40(36)50)33-20-10-12-22-37(33)49(39)32-18-8-3-9-19-32/h1-28H. The van der Waals surface area contributed by atoms with E-state index in [-0.39, 0.29) is 0 Å². The summed E-state index contributed by atoms with van der Waals surface area (Å²) in [5.74, 6) is 2.65. The van der Waals surface area contributed by atoms with Crippen molar-refractivity contribution in [3.8, 4) is 45.7 Å². The quantitative estimate of drug-likeness (QED) is 0.188. The van der Waals surface area contributed by atoms with Crippen LogP contribution in [0.5, 0.6) is 0 Å². The lowest BCUT2D eigenvalue weighted by molar-refractivity contribution is 1.05. The molecule has 0 amide bonds. The lowest BCUT2D eigenvalue weighted by atomic mass is 10.1. The van der Waals surface area contributed by atoms with Crippen LogP contribution in [0, 0.1) is 0 Å². The Hall–Kier alpha value is -6.92. The maximum atomic E-state index is 5.06. The van der Waals surface area contributed by atoms with Crippen molar-refractivity contribution in [3.63, 3.8) is 0 Å². The van der Waals surface area contributed by atoms with Crippen molar-refractivity contribution in [3.05, 3.63) is 170 Å². The Morgan fingerprint density at radius 2 is 0.800 bits per heavy atom. The molecule has 10 aromatic rings. The average molecular weight is 641 g/mol. The summed E-state index contributed by atoms with van der Waals surface area (Å²) < 4.78 is 4.63. The van der Waals surface area contributed by atoms with Gasteiger partial charge in [-0.05, 0) is 48.5 Å². The lowest BCUT2D eigenvalue weighted by Gasteiger charge is -2.10. The van der Waals surface area contributed by atoms with Crippen LogP contribution in [-0.4, -0.2) is 29.1 Å². The Kier molecular flexibility index (Phi) is 6.39. The van der Waals surface area contributed by atoms with Gasteiger partial charge in [-0.15, -0.1) is 0 Å². The van der Waals surface area contributed by atoms with Gasteiger partial charge in [0.05, 0.1) is 22.1 Å². The summed E-state index contributed by atoms with van der Waals surface area (Å²) in [6.45, 7) is 0. The van der Waals surface area contributed by atoms with E-state index in [4.69, 9.17) is 19.9 Å². The number of hydrogen-bond donors (Lipinski definition) is 0. The van der Waals surface area contributed by atoms with E-state index < -0.39 is 0 Å². The van der Waals surface area contributed by atoms with Gasteiger partial charge >= 0.3 is 0 Å². The fourth-order valence-electron chi connectivity index (χ4n) is 7.12. The van der Waals surface area contributed by atoms with Crippen LogP contribution in [-0.2, 0) is 0 Å². The third kappa shape index (κ3) is 4.50. The van der Waals surface area contributed by atoms with E-state index in [0.29, 0.717) is 17.5 Å². The number of rotatable bonds is 5. The van der Waals surface area contributed by atoms with Gasteiger partial charge in [-0.2, -0.15) is 0 Å². The summed E-state index contributed by atoms with van der Waals surface area (Å²) in [6, 6.07) is 56.6. The van der Waals surface area contributed by atoms with Gasteiger partial charge in [0.15, 0.2) is 17.5 Å². The molecule has 0 spiro atoms. The Bertz CT molecular complexity index is 2780. The van der Waals surface area contributed by atoms with Crippen molar-refractivity contribution in [1.29, 1.82) is 0 Å². The summed E-state index contributed by atoms with van der Waals surface area (Å²) in [5, 5.41) is 4.77. The molecule has 0 radical (unpaired) electrons. The predicted molar refractivity (Wildman–Crippen MR) is 203 cm³/mol.